The molecule has 5 nitrogen and oxygen atoms in total. The smallest absolute Gasteiger partial charge is 0.251 e. The summed E-state index contributed by atoms with van der Waals surface area (Å²) in [5, 5.41) is 2.84. The SMILES string of the molecule is CC(C)(C)NS(=O)(=O)c1ccc(C(=O)NCCc2ccccc2)cc1. The van der Waals surface area contributed by atoms with Crippen LogP contribution in [0, 0.1) is 0 Å². The van der Waals surface area contributed by atoms with Crippen molar-refractivity contribution in [3.8, 4) is 0 Å². The van der Waals surface area contributed by atoms with Gasteiger partial charge in [0.15, 0.2) is 0 Å². The molecule has 0 saturated heterocycles. The summed E-state index contributed by atoms with van der Waals surface area (Å²) in [5.74, 6) is -0.219. The molecule has 0 aliphatic heterocycles. The first kappa shape index (κ1) is 19.1. The van der Waals surface area contributed by atoms with E-state index in [0.717, 1.165) is 12.0 Å². The second kappa shape index (κ2) is 7.80. The Morgan fingerprint density at radius 1 is 0.960 bits per heavy atom. The first-order valence-electron chi connectivity index (χ1n) is 8.13. The summed E-state index contributed by atoms with van der Waals surface area (Å²) in [6, 6.07) is 15.8. The Balaban J connectivity index is 1.96. The molecule has 0 fully saturated rings. The van der Waals surface area contributed by atoms with Crippen molar-refractivity contribution in [2.45, 2.75) is 37.6 Å². The molecule has 0 radical (unpaired) electrons. The summed E-state index contributed by atoms with van der Waals surface area (Å²) in [5.41, 5.74) is 1.02. The van der Waals surface area contributed by atoms with Crippen molar-refractivity contribution in [3.05, 3.63) is 65.7 Å². The molecule has 0 spiro atoms. The van der Waals surface area contributed by atoms with E-state index < -0.39 is 15.6 Å². The Kier molecular flexibility index (Phi) is 5.98. The lowest BCUT2D eigenvalue weighted by atomic mass is 10.1. The van der Waals surface area contributed by atoms with Crippen LogP contribution in [0.1, 0.15) is 36.7 Å². The third-order valence-corrected chi connectivity index (χ3v) is 5.18. The molecule has 2 aromatic rings. The summed E-state index contributed by atoms with van der Waals surface area (Å²) >= 11 is 0. The van der Waals surface area contributed by atoms with Crippen molar-refractivity contribution in [1.82, 2.24) is 10.0 Å². The summed E-state index contributed by atoms with van der Waals surface area (Å²) in [4.78, 5) is 12.3. The van der Waals surface area contributed by atoms with Crippen LogP contribution in [0.5, 0.6) is 0 Å². The molecule has 2 rings (SSSR count). The van der Waals surface area contributed by atoms with Gasteiger partial charge >= 0.3 is 0 Å². The Bertz CT molecular complexity index is 808. The van der Waals surface area contributed by atoms with Crippen LogP contribution in [-0.4, -0.2) is 26.4 Å². The maximum atomic E-state index is 12.2. The summed E-state index contributed by atoms with van der Waals surface area (Å²) in [6.45, 7) is 5.85. The number of amides is 1. The van der Waals surface area contributed by atoms with Gasteiger partial charge in [0.1, 0.15) is 0 Å². The number of rotatable bonds is 6. The molecule has 0 atom stereocenters. The number of carbonyl (C=O) groups excluding carboxylic acids is 1. The Labute approximate surface area is 149 Å². The molecular weight excluding hydrogens is 336 g/mol. The molecule has 25 heavy (non-hydrogen) atoms. The monoisotopic (exact) mass is 360 g/mol. The number of nitrogens with one attached hydrogen (secondary N) is 2. The highest BCUT2D eigenvalue weighted by Crippen LogP contribution is 2.14. The van der Waals surface area contributed by atoms with Gasteiger partial charge in [-0.15, -0.1) is 0 Å². The van der Waals surface area contributed by atoms with Crippen molar-refractivity contribution in [1.29, 1.82) is 0 Å². The number of hydrogen-bond donors (Lipinski definition) is 2. The topological polar surface area (TPSA) is 75.3 Å². The lowest BCUT2D eigenvalue weighted by Crippen LogP contribution is -2.40. The fraction of sp³-hybridized carbons (Fsp3) is 0.316. The zero-order chi connectivity index (χ0) is 18.5. The maximum absolute atomic E-state index is 12.2. The predicted octanol–water partition coefficient (Wildman–Crippen LogP) is 2.74. The normalized spacial score (nSPS) is 12.0. The van der Waals surface area contributed by atoms with Gasteiger partial charge in [0.2, 0.25) is 10.0 Å². The van der Waals surface area contributed by atoms with Crippen molar-refractivity contribution in [3.63, 3.8) is 0 Å². The quantitative estimate of drug-likeness (QED) is 0.832. The van der Waals surface area contributed by atoms with Gasteiger partial charge < -0.3 is 5.32 Å². The highest BCUT2D eigenvalue weighted by molar-refractivity contribution is 7.89. The summed E-state index contributed by atoms with van der Waals surface area (Å²) in [7, 11) is -3.60. The van der Waals surface area contributed by atoms with Gasteiger partial charge in [-0.2, -0.15) is 0 Å². The number of sulfonamides is 1. The van der Waals surface area contributed by atoms with Crippen LogP contribution < -0.4 is 10.0 Å². The molecule has 2 N–H and O–H groups in total. The van der Waals surface area contributed by atoms with E-state index in [1.165, 1.54) is 24.3 Å². The Hall–Kier alpha value is -2.18. The van der Waals surface area contributed by atoms with Gasteiger partial charge in [-0.1, -0.05) is 30.3 Å². The minimum Gasteiger partial charge on any atom is -0.352 e. The van der Waals surface area contributed by atoms with Gasteiger partial charge in [-0.05, 0) is 57.0 Å². The molecule has 0 aliphatic rings. The molecule has 1 amide bonds. The molecule has 0 aliphatic carbocycles. The van der Waals surface area contributed by atoms with E-state index in [2.05, 4.69) is 10.0 Å². The molecule has 0 aromatic heterocycles. The molecule has 134 valence electrons. The van der Waals surface area contributed by atoms with E-state index in [4.69, 9.17) is 0 Å². The number of benzene rings is 2. The van der Waals surface area contributed by atoms with Crippen LogP contribution in [0.2, 0.25) is 0 Å². The fourth-order valence-corrected chi connectivity index (χ4v) is 3.73. The van der Waals surface area contributed by atoms with Crippen molar-refractivity contribution in [2.24, 2.45) is 0 Å². The lowest BCUT2D eigenvalue weighted by molar-refractivity contribution is 0.0954. The lowest BCUT2D eigenvalue weighted by Gasteiger charge is -2.20. The zero-order valence-corrected chi connectivity index (χ0v) is 15.6. The van der Waals surface area contributed by atoms with Crippen LogP contribution in [0.25, 0.3) is 0 Å². The first-order chi connectivity index (χ1) is 11.7. The maximum Gasteiger partial charge on any atom is 0.251 e. The van der Waals surface area contributed by atoms with E-state index in [1.807, 2.05) is 30.3 Å². The summed E-state index contributed by atoms with van der Waals surface area (Å²) in [6.07, 6.45) is 0.745. The van der Waals surface area contributed by atoms with Gasteiger partial charge in [0, 0.05) is 17.6 Å². The second-order valence-electron chi connectivity index (χ2n) is 6.87. The second-order valence-corrected chi connectivity index (χ2v) is 8.55. The Morgan fingerprint density at radius 3 is 2.12 bits per heavy atom. The van der Waals surface area contributed by atoms with Gasteiger partial charge in [-0.25, -0.2) is 13.1 Å². The standard InChI is InChI=1S/C19H24N2O3S/c1-19(2,3)21-25(23,24)17-11-9-16(10-12-17)18(22)20-14-13-15-7-5-4-6-8-15/h4-12,21H,13-14H2,1-3H3,(H,20,22). The first-order valence-corrected chi connectivity index (χ1v) is 9.62. The average molecular weight is 360 g/mol. The molecular formula is C19H24N2O3S. The Morgan fingerprint density at radius 2 is 1.56 bits per heavy atom. The highest BCUT2D eigenvalue weighted by Gasteiger charge is 2.22. The minimum atomic E-state index is -3.60. The van der Waals surface area contributed by atoms with Gasteiger partial charge in [0.05, 0.1) is 4.90 Å². The predicted molar refractivity (Wildman–Crippen MR) is 99.0 cm³/mol. The third-order valence-electron chi connectivity index (χ3n) is 3.41. The van der Waals surface area contributed by atoms with Crippen LogP contribution >= 0.6 is 0 Å². The van der Waals surface area contributed by atoms with Crippen molar-refractivity contribution < 1.29 is 13.2 Å². The third kappa shape index (κ3) is 5.99. The number of carbonyl (C=O) groups is 1. The molecule has 2 aromatic carbocycles. The van der Waals surface area contributed by atoms with Crippen molar-refractivity contribution in [2.75, 3.05) is 6.54 Å². The van der Waals surface area contributed by atoms with Crippen LogP contribution in [0.3, 0.4) is 0 Å². The largest absolute Gasteiger partial charge is 0.352 e. The minimum absolute atomic E-state index is 0.142. The summed E-state index contributed by atoms with van der Waals surface area (Å²) < 4.78 is 27.1. The van der Waals surface area contributed by atoms with E-state index in [9.17, 15) is 13.2 Å². The molecule has 0 heterocycles. The van der Waals surface area contributed by atoms with E-state index >= 15 is 0 Å². The van der Waals surface area contributed by atoms with Crippen LogP contribution in [0.4, 0.5) is 0 Å². The zero-order valence-electron chi connectivity index (χ0n) is 14.7. The molecule has 0 bridgehead atoms. The fourth-order valence-electron chi connectivity index (χ4n) is 2.31. The number of hydrogen-bond acceptors (Lipinski definition) is 3. The van der Waals surface area contributed by atoms with E-state index in [1.54, 1.807) is 20.8 Å². The van der Waals surface area contributed by atoms with Gasteiger partial charge in [-0.3, -0.25) is 4.79 Å². The van der Waals surface area contributed by atoms with Gasteiger partial charge in [0.25, 0.3) is 5.91 Å². The average Bonchev–Trinajstić information content (AvgIpc) is 2.54. The molecule has 0 unspecified atom stereocenters. The van der Waals surface area contributed by atoms with Crippen LogP contribution in [0.15, 0.2) is 59.5 Å². The highest BCUT2D eigenvalue weighted by atomic mass is 32.2. The van der Waals surface area contributed by atoms with E-state index in [-0.39, 0.29) is 10.8 Å². The van der Waals surface area contributed by atoms with E-state index in [0.29, 0.717) is 12.1 Å². The molecule has 0 saturated carbocycles. The van der Waals surface area contributed by atoms with Crippen molar-refractivity contribution >= 4 is 15.9 Å². The van der Waals surface area contributed by atoms with Crippen LogP contribution in [-0.2, 0) is 16.4 Å². The molecule has 6 heteroatoms.